The summed E-state index contributed by atoms with van der Waals surface area (Å²) in [6.07, 6.45) is 2.10. The maximum Gasteiger partial charge on any atom is 0.138 e. The van der Waals surface area contributed by atoms with Gasteiger partial charge < -0.3 is 0 Å². The molecular weight excluding hydrogens is 462 g/mol. The zero-order chi connectivity index (χ0) is 25.9. The summed E-state index contributed by atoms with van der Waals surface area (Å²) in [5.41, 5.74) is 7.81. The van der Waals surface area contributed by atoms with Crippen LogP contribution in [0.2, 0.25) is 0 Å². The van der Waals surface area contributed by atoms with Gasteiger partial charge in [0.2, 0.25) is 0 Å². The molecule has 4 aromatic carbocycles. The molecule has 0 aliphatic heterocycles. The highest BCUT2D eigenvalue weighted by Gasteiger charge is 2.13. The molecule has 0 bridgehead atoms. The molecule has 3 nitrogen and oxygen atoms in total. The number of rotatable bonds is 6. The first-order valence-electron chi connectivity index (χ1n) is 12.7. The maximum absolute atomic E-state index is 5.12. The molecule has 0 amide bonds. The van der Waals surface area contributed by atoms with Crippen molar-refractivity contribution in [3.05, 3.63) is 157 Å². The van der Waals surface area contributed by atoms with Crippen LogP contribution >= 0.6 is 0 Å². The second-order valence-electron chi connectivity index (χ2n) is 9.25. The third-order valence-corrected chi connectivity index (χ3v) is 6.73. The van der Waals surface area contributed by atoms with E-state index in [0.29, 0.717) is 0 Å². The van der Waals surface area contributed by atoms with Crippen LogP contribution < -0.4 is 0 Å². The lowest BCUT2D eigenvalue weighted by atomic mass is 10.0. The van der Waals surface area contributed by atoms with Crippen molar-refractivity contribution in [2.24, 2.45) is 4.99 Å². The number of benzene rings is 4. The molecule has 0 aliphatic carbocycles. The highest BCUT2D eigenvalue weighted by Crippen LogP contribution is 2.31. The van der Waals surface area contributed by atoms with Crippen LogP contribution in [0.1, 0.15) is 23.7 Å². The smallest absolute Gasteiger partial charge is 0.138 e. The lowest BCUT2D eigenvalue weighted by Gasteiger charge is -2.10. The Labute approximate surface area is 222 Å². The van der Waals surface area contributed by atoms with Crippen LogP contribution in [-0.4, -0.2) is 15.3 Å². The molecule has 6 rings (SSSR count). The topological polar surface area (TPSA) is 30.2 Å². The molecule has 0 spiro atoms. The molecule has 182 valence electrons. The van der Waals surface area contributed by atoms with Gasteiger partial charge in [0.25, 0.3) is 0 Å². The number of aliphatic imine (C=N–C) groups is 1. The van der Waals surface area contributed by atoms with Crippen molar-refractivity contribution in [2.45, 2.75) is 6.92 Å². The minimum atomic E-state index is 0.723. The predicted molar refractivity (Wildman–Crippen MR) is 161 cm³/mol. The quantitative estimate of drug-likeness (QED) is 0.215. The van der Waals surface area contributed by atoms with E-state index in [1.165, 1.54) is 10.8 Å². The Kier molecular flexibility index (Phi) is 6.25. The van der Waals surface area contributed by atoms with E-state index in [-0.39, 0.29) is 0 Å². The van der Waals surface area contributed by atoms with Gasteiger partial charge in [-0.2, -0.15) is 0 Å². The Balaban J connectivity index is 1.45. The molecule has 2 aromatic heterocycles. The fourth-order valence-electron chi connectivity index (χ4n) is 4.85. The molecule has 0 saturated heterocycles. The summed E-state index contributed by atoms with van der Waals surface area (Å²) in [5, 5.41) is 2.45. The lowest BCUT2D eigenvalue weighted by molar-refractivity contribution is 1.07. The summed E-state index contributed by atoms with van der Waals surface area (Å²) < 4.78 is 2.24. The monoisotopic (exact) mass is 489 g/mol. The molecule has 0 atom stereocenters. The van der Waals surface area contributed by atoms with Gasteiger partial charge in [0, 0.05) is 16.3 Å². The van der Waals surface area contributed by atoms with Gasteiger partial charge >= 0.3 is 0 Å². The van der Waals surface area contributed by atoms with E-state index in [1.54, 1.807) is 0 Å². The largest absolute Gasteiger partial charge is 0.294 e. The molecule has 38 heavy (non-hydrogen) atoms. The first-order valence-corrected chi connectivity index (χ1v) is 12.7. The number of para-hydroxylation sites is 2. The Morgan fingerprint density at radius 2 is 1.21 bits per heavy atom. The van der Waals surface area contributed by atoms with Crippen LogP contribution in [0.5, 0.6) is 0 Å². The maximum atomic E-state index is 5.12. The van der Waals surface area contributed by atoms with Crippen LogP contribution in [0.3, 0.4) is 0 Å². The van der Waals surface area contributed by atoms with Crippen molar-refractivity contribution in [1.29, 1.82) is 0 Å². The van der Waals surface area contributed by atoms with Gasteiger partial charge in [0.15, 0.2) is 0 Å². The number of fused-ring (bicyclic) bond motifs is 3. The van der Waals surface area contributed by atoms with Gasteiger partial charge in [-0.3, -0.25) is 4.57 Å². The van der Waals surface area contributed by atoms with E-state index in [1.807, 2.05) is 48.5 Å². The summed E-state index contributed by atoms with van der Waals surface area (Å²) in [6.45, 7) is 6.33. The third-order valence-electron chi connectivity index (χ3n) is 6.73. The number of nitrogens with zero attached hydrogens (tertiary/aromatic N) is 3. The van der Waals surface area contributed by atoms with E-state index in [4.69, 9.17) is 9.98 Å². The van der Waals surface area contributed by atoms with Crippen LogP contribution in [0.25, 0.3) is 38.9 Å². The van der Waals surface area contributed by atoms with Gasteiger partial charge in [0.05, 0.1) is 28.1 Å². The summed E-state index contributed by atoms with van der Waals surface area (Å²) in [5.74, 6) is 0.888. The van der Waals surface area contributed by atoms with Crippen LogP contribution in [0.15, 0.2) is 145 Å². The van der Waals surface area contributed by atoms with Gasteiger partial charge in [0.1, 0.15) is 5.82 Å². The molecule has 3 heteroatoms. The summed E-state index contributed by atoms with van der Waals surface area (Å²) in [7, 11) is 0. The van der Waals surface area contributed by atoms with Crippen molar-refractivity contribution < 1.29 is 0 Å². The Morgan fingerprint density at radius 3 is 1.84 bits per heavy atom. The van der Waals surface area contributed by atoms with E-state index in [9.17, 15) is 0 Å². The highest BCUT2D eigenvalue weighted by molar-refractivity contribution is 6.14. The molecule has 0 fully saturated rings. The minimum absolute atomic E-state index is 0.723. The summed E-state index contributed by atoms with van der Waals surface area (Å²) >= 11 is 0. The van der Waals surface area contributed by atoms with Gasteiger partial charge in [-0.15, -0.1) is 0 Å². The SMILES string of the molecule is C=C(N=C(/C=C(\C)c1cccc(-n2c3ccccc3c3ccccc32)n1)c1ccccc1)c1ccccc1. The molecule has 6 aromatic rings. The van der Waals surface area contributed by atoms with Crippen LogP contribution in [-0.2, 0) is 0 Å². The number of allylic oxidation sites excluding steroid dienone is 2. The summed E-state index contributed by atoms with van der Waals surface area (Å²) in [4.78, 5) is 10.1. The number of hydrogen-bond acceptors (Lipinski definition) is 2. The minimum Gasteiger partial charge on any atom is -0.294 e. The fraction of sp³-hybridized carbons (Fsp3) is 0.0286. The lowest BCUT2D eigenvalue weighted by Crippen LogP contribution is -2.02. The van der Waals surface area contributed by atoms with Crippen LogP contribution in [0, 0.1) is 0 Å². The second-order valence-corrected chi connectivity index (χ2v) is 9.25. The van der Waals surface area contributed by atoms with Gasteiger partial charge in [-0.1, -0.05) is 110 Å². The van der Waals surface area contributed by atoms with Crippen molar-refractivity contribution in [2.75, 3.05) is 0 Å². The number of hydrogen-bond donors (Lipinski definition) is 0. The van der Waals surface area contributed by atoms with Crippen molar-refractivity contribution in [1.82, 2.24) is 9.55 Å². The zero-order valence-electron chi connectivity index (χ0n) is 21.3. The average molecular weight is 490 g/mol. The molecule has 2 heterocycles. The van der Waals surface area contributed by atoms with Crippen molar-refractivity contribution >= 4 is 38.8 Å². The van der Waals surface area contributed by atoms with Crippen molar-refractivity contribution in [3.63, 3.8) is 0 Å². The Morgan fingerprint density at radius 1 is 0.658 bits per heavy atom. The first-order chi connectivity index (χ1) is 18.7. The normalized spacial score (nSPS) is 12.2. The predicted octanol–water partition coefficient (Wildman–Crippen LogP) is 8.74. The third kappa shape index (κ3) is 4.46. The van der Waals surface area contributed by atoms with E-state index < -0.39 is 0 Å². The molecule has 0 aliphatic rings. The first kappa shape index (κ1) is 23.4. The average Bonchev–Trinajstić information content (AvgIpc) is 3.32. The molecular formula is C35H27N3. The van der Waals surface area contributed by atoms with Crippen LogP contribution in [0.4, 0.5) is 0 Å². The van der Waals surface area contributed by atoms with Gasteiger partial charge in [-0.05, 0) is 48.4 Å². The number of aromatic nitrogens is 2. The fourth-order valence-corrected chi connectivity index (χ4v) is 4.85. The van der Waals surface area contributed by atoms with Gasteiger partial charge in [-0.25, -0.2) is 9.98 Å². The van der Waals surface area contributed by atoms with Crippen molar-refractivity contribution in [3.8, 4) is 5.82 Å². The van der Waals surface area contributed by atoms with E-state index in [0.717, 1.165) is 50.7 Å². The molecule has 0 unspecified atom stereocenters. The highest BCUT2D eigenvalue weighted by atomic mass is 15.1. The standard InChI is InChI=1S/C35H27N3/c1-25(24-32(28-16-7-4-8-17-28)36-26(2)27-14-5-3-6-15-27)31-20-13-23-35(37-31)38-33-21-11-9-18-29(33)30-19-10-12-22-34(30)38/h3-24H,2H2,1H3/b25-24+,36-32?. The zero-order valence-corrected chi connectivity index (χ0v) is 21.3. The number of pyridine rings is 1. The molecule has 0 radical (unpaired) electrons. The van der Waals surface area contributed by atoms with E-state index >= 15 is 0 Å². The molecule has 0 N–H and O–H groups in total. The van der Waals surface area contributed by atoms with E-state index in [2.05, 4.69) is 103 Å². The Hall–Kier alpha value is -5.02. The summed E-state index contributed by atoms with van der Waals surface area (Å²) in [6, 6.07) is 43.5. The Bertz CT molecular complexity index is 1770. The second kappa shape index (κ2) is 10.2. The molecule has 0 saturated carbocycles.